The molecule has 1 fully saturated rings. The van der Waals surface area contributed by atoms with E-state index in [2.05, 4.69) is 10.3 Å². The lowest BCUT2D eigenvalue weighted by atomic mass is 9.77. The van der Waals surface area contributed by atoms with Crippen LogP contribution in [0.15, 0.2) is 24.4 Å². The van der Waals surface area contributed by atoms with Crippen molar-refractivity contribution >= 4 is 11.7 Å². The molecule has 3 N–H and O–H groups in total. The van der Waals surface area contributed by atoms with Crippen LogP contribution in [0.3, 0.4) is 0 Å². The van der Waals surface area contributed by atoms with Gasteiger partial charge in [0.1, 0.15) is 5.82 Å². The van der Waals surface area contributed by atoms with Crippen LogP contribution in [0.5, 0.6) is 0 Å². The highest BCUT2D eigenvalue weighted by atomic mass is 16.2. The van der Waals surface area contributed by atoms with Crippen LogP contribution >= 0.6 is 0 Å². The van der Waals surface area contributed by atoms with Gasteiger partial charge >= 0.3 is 0 Å². The summed E-state index contributed by atoms with van der Waals surface area (Å²) >= 11 is 0. The maximum absolute atomic E-state index is 11.6. The predicted molar refractivity (Wildman–Crippen MR) is 53.6 cm³/mol. The second kappa shape index (κ2) is 3.38. The van der Waals surface area contributed by atoms with Gasteiger partial charge < -0.3 is 11.1 Å². The van der Waals surface area contributed by atoms with E-state index >= 15 is 0 Å². The second-order valence-corrected chi connectivity index (χ2v) is 3.68. The smallest absolute Gasteiger partial charge is 0.245 e. The van der Waals surface area contributed by atoms with Crippen LogP contribution in [0, 0.1) is 0 Å². The van der Waals surface area contributed by atoms with Crippen LogP contribution in [-0.2, 0) is 4.79 Å². The molecule has 2 rings (SSSR count). The molecule has 0 aliphatic heterocycles. The van der Waals surface area contributed by atoms with Crippen molar-refractivity contribution in [3.63, 3.8) is 0 Å². The topological polar surface area (TPSA) is 68.0 Å². The van der Waals surface area contributed by atoms with Gasteiger partial charge in [0.2, 0.25) is 5.91 Å². The highest BCUT2D eigenvalue weighted by molar-refractivity contribution is 5.97. The zero-order valence-electron chi connectivity index (χ0n) is 7.86. The van der Waals surface area contributed by atoms with Crippen molar-refractivity contribution in [2.45, 2.75) is 24.8 Å². The van der Waals surface area contributed by atoms with E-state index in [0.29, 0.717) is 5.82 Å². The minimum Gasteiger partial charge on any atom is -0.317 e. The molecule has 1 aromatic rings. The minimum atomic E-state index is -0.655. The predicted octanol–water partition coefficient (Wildman–Crippen LogP) is 0.901. The lowest BCUT2D eigenvalue weighted by Gasteiger charge is -2.35. The summed E-state index contributed by atoms with van der Waals surface area (Å²) in [4.78, 5) is 15.6. The van der Waals surface area contributed by atoms with Gasteiger partial charge in [-0.3, -0.25) is 4.79 Å². The zero-order chi connectivity index (χ0) is 10.0. The van der Waals surface area contributed by atoms with Crippen LogP contribution in [0.1, 0.15) is 19.3 Å². The molecule has 1 heterocycles. The molecule has 0 atom stereocenters. The van der Waals surface area contributed by atoms with Gasteiger partial charge in [-0.15, -0.1) is 0 Å². The monoisotopic (exact) mass is 191 g/mol. The first-order chi connectivity index (χ1) is 6.71. The second-order valence-electron chi connectivity index (χ2n) is 3.68. The Kier molecular flexibility index (Phi) is 2.21. The van der Waals surface area contributed by atoms with Gasteiger partial charge in [0.05, 0.1) is 5.54 Å². The number of rotatable bonds is 2. The molecule has 1 aliphatic carbocycles. The molecule has 14 heavy (non-hydrogen) atoms. The Morgan fingerprint density at radius 2 is 2.29 bits per heavy atom. The van der Waals surface area contributed by atoms with E-state index in [4.69, 9.17) is 5.73 Å². The molecule has 4 nitrogen and oxygen atoms in total. The highest BCUT2D eigenvalue weighted by Gasteiger charge is 2.40. The summed E-state index contributed by atoms with van der Waals surface area (Å²) in [6.07, 6.45) is 4.21. The number of nitrogens with two attached hydrogens (primary N) is 1. The van der Waals surface area contributed by atoms with E-state index < -0.39 is 5.54 Å². The normalized spacial score (nSPS) is 18.4. The lowest BCUT2D eigenvalue weighted by Crippen LogP contribution is -2.56. The van der Waals surface area contributed by atoms with E-state index in [-0.39, 0.29) is 5.91 Å². The molecule has 4 heteroatoms. The molecule has 0 saturated heterocycles. The van der Waals surface area contributed by atoms with E-state index in [1.807, 2.05) is 6.07 Å². The summed E-state index contributed by atoms with van der Waals surface area (Å²) in [5.74, 6) is 0.441. The summed E-state index contributed by atoms with van der Waals surface area (Å²) in [7, 11) is 0. The third kappa shape index (κ3) is 1.61. The summed E-state index contributed by atoms with van der Waals surface area (Å²) in [5, 5.41) is 2.71. The maximum atomic E-state index is 11.6. The quantitative estimate of drug-likeness (QED) is 0.729. The number of carbonyl (C=O) groups excluding carboxylic acids is 1. The molecule has 1 aliphatic rings. The average molecular weight is 191 g/mol. The number of aromatic nitrogens is 1. The van der Waals surface area contributed by atoms with Crippen LogP contribution in [-0.4, -0.2) is 16.4 Å². The van der Waals surface area contributed by atoms with E-state index in [1.165, 1.54) is 0 Å². The van der Waals surface area contributed by atoms with Gasteiger partial charge in [-0.25, -0.2) is 4.98 Å². The lowest BCUT2D eigenvalue weighted by molar-refractivity contribution is -0.123. The van der Waals surface area contributed by atoms with Gasteiger partial charge in [-0.05, 0) is 31.4 Å². The van der Waals surface area contributed by atoms with Crippen LogP contribution < -0.4 is 11.1 Å². The number of carbonyl (C=O) groups is 1. The summed E-state index contributed by atoms with van der Waals surface area (Å²) in [6, 6.07) is 5.38. The Balaban J connectivity index is 2.02. The number of anilines is 1. The van der Waals surface area contributed by atoms with Crippen molar-refractivity contribution < 1.29 is 4.79 Å². The van der Waals surface area contributed by atoms with Crippen molar-refractivity contribution in [3.8, 4) is 0 Å². The standard InChI is InChI=1S/C10H13N3O/c11-10(5-3-6-10)9(14)13-8-4-1-2-7-12-8/h1-2,4,7H,3,5-6,11H2,(H,12,13,14). The van der Waals surface area contributed by atoms with E-state index in [1.54, 1.807) is 18.3 Å². The Bertz CT molecular complexity index is 332. The van der Waals surface area contributed by atoms with Gasteiger partial charge in [-0.1, -0.05) is 6.07 Å². The van der Waals surface area contributed by atoms with Gasteiger partial charge in [0.25, 0.3) is 0 Å². The first kappa shape index (κ1) is 9.15. The molecule has 0 spiro atoms. The molecular formula is C10H13N3O. The molecule has 0 unspecified atom stereocenters. The fourth-order valence-corrected chi connectivity index (χ4v) is 1.46. The third-order valence-electron chi connectivity index (χ3n) is 2.60. The third-order valence-corrected chi connectivity index (χ3v) is 2.60. The van der Waals surface area contributed by atoms with E-state index in [9.17, 15) is 4.79 Å². The van der Waals surface area contributed by atoms with Crippen LogP contribution in [0.25, 0.3) is 0 Å². The molecule has 1 aromatic heterocycles. The minimum absolute atomic E-state index is 0.123. The number of amides is 1. The van der Waals surface area contributed by atoms with Crippen molar-refractivity contribution in [2.24, 2.45) is 5.73 Å². The van der Waals surface area contributed by atoms with Crippen LogP contribution in [0.4, 0.5) is 5.82 Å². The molecule has 0 aromatic carbocycles. The van der Waals surface area contributed by atoms with Crippen molar-refractivity contribution in [3.05, 3.63) is 24.4 Å². The number of hydrogen-bond acceptors (Lipinski definition) is 3. The van der Waals surface area contributed by atoms with Gasteiger partial charge in [0, 0.05) is 6.20 Å². The number of nitrogens with one attached hydrogen (secondary N) is 1. The molecule has 1 amide bonds. The Hall–Kier alpha value is -1.42. The summed E-state index contributed by atoms with van der Waals surface area (Å²) in [6.45, 7) is 0. The first-order valence-electron chi connectivity index (χ1n) is 4.72. The summed E-state index contributed by atoms with van der Waals surface area (Å²) < 4.78 is 0. The van der Waals surface area contributed by atoms with Crippen molar-refractivity contribution in [2.75, 3.05) is 5.32 Å². The average Bonchev–Trinajstić information content (AvgIpc) is 2.15. The maximum Gasteiger partial charge on any atom is 0.245 e. The molecule has 1 saturated carbocycles. The molecule has 74 valence electrons. The van der Waals surface area contributed by atoms with Crippen molar-refractivity contribution in [1.82, 2.24) is 4.98 Å². The van der Waals surface area contributed by atoms with Gasteiger partial charge in [0.15, 0.2) is 0 Å². The fraction of sp³-hybridized carbons (Fsp3) is 0.400. The zero-order valence-corrected chi connectivity index (χ0v) is 7.86. The van der Waals surface area contributed by atoms with Crippen molar-refractivity contribution in [1.29, 1.82) is 0 Å². The molecular weight excluding hydrogens is 178 g/mol. The molecule has 0 bridgehead atoms. The van der Waals surface area contributed by atoms with E-state index in [0.717, 1.165) is 19.3 Å². The number of nitrogens with zero attached hydrogens (tertiary/aromatic N) is 1. The fourth-order valence-electron chi connectivity index (χ4n) is 1.46. The number of pyridine rings is 1. The first-order valence-corrected chi connectivity index (χ1v) is 4.72. The Labute approximate surface area is 82.5 Å². The van der Waals surface area contributed by atoms with Gasteiger partial charge in [-0.2, -0.15) is 0 Å². The van der Waals surface area contributed by atoms with Crippen LogP contribution in [0.2, 0.25) is 0 Å². The highest BCUT2D eigenvalue weighted by Crippen LogP contribution is 2.29. The number of hydrogen-bond donors (Lipinski definition) is 2. The summed E-state index contributed by atoms with van der Waals surface area (Å²) in [5.41, 5.74) is 5.20. The Morgan fingerprint density at radius 1 is 1.50 bits per heavy atom. The Morgan fingerprint density at radius 3 is 2.79 bits per heavy atom. The largest absolute Gasteiger partial charge is 0.317 e. The SMILES string of the molecule is NC1(C(=O)Nc2ccccn2)CCC1. The molecule has 0 radical (unpaired) electrons.